The van der Waals surface area contributed by atoms with Gasteiger partial charge in [-0.1, -0.05) is 12.2 Å². The van der Waals surface area contributed by atoms with Crippen molar-refractivity contribution >= 4 is 6.08 Å². The number of hydrogen-bond donors (Lipinski definition) is 1. The molecule has 1 heterocycles. The minimum Gasteiger partial charge on any atom is -0.383 e. The van der Waals surface area contributed by atoms with Crippen LogP contribution in [0.15, 0.2) is 18.5 Å². The van der Waals surface area contributed by atoms with E-state index in [9.17, 15) is 0 Å². The summed E-state index contributed by atoms with van der Waals surface area (Å²) in [7, 11) is 3.61. The molecule has 4 nitrogen and oxygen atoms in total. The quantitative estimate of drug-likeness (QED) is 0.678. The summed E-state index contributed by atoms with van der Waals surface area (Å²) in [6.07, 6.45) is 7.94. The maximum absolute atomic E-state index is 4.91. The molecule has 0 unspecified atom stereocenters. The van der Waals surface area contributed by atoms with Crippen molar-refractivity contribution in [3.63, 3.8) is 0 Å². The molecule has 1 rings (SSSR count). The highest BCUT2D eigenvalue weighted by atomic mass is 16.5. The summed E-state index contributed by atoms with van der Waals surface area (Å²) in [5, 5.41) is 7.29. The van der Waals surface area contributed by atoms with Gasteiger partial charge in [-0.2, -0.15) is 5.10 Å². The number of hydrogen-bond acceptors (Lipinski definition) is 3. The van der Waals surface area contributed by atoms with E-state index >= 15 is 0 Å². The summed E-state index contributed by atoms with van der Waals surface area (Å²) in [4.78, 5) is 0. The van der Waals surface area contributed by atoms with Gasteiger partial charge in [0.25, 0.3) is 0 Å². The van der Waals surface area contributed by atoms with Gasteiger partial charge in [0.05, 0.1) is 12.8 Å². The molecule has 0 aliphatic carbocycles. The summed E-state index contributed by atoms with van der Waals surface area (Å²) in [5.74, 6) is 0. The smallest absolute Gasteiger partial charge is 0.0587 e. The van der Waals surface area contributed by atoms with Crippen LogP contribution in [-0.2, 0) is 11.8 Å². The van der Waals surface area contributed by atoms with Gasteiger partial charge in [0.2, 0.25) is 0 Å². The number of methoxy groups -OCH3 is 1. The Morgan fingerprint density at radius 2 is 2.50 bits per heavy atom. The molecule has 0 radical (unpaired) electrons. The van der Waals surface area contributed by atoms with Gasteiger partial charge >= 0.3 is 0 Å². The second-order valence-corrected chi connectivity index (χ2v) is 3.05. The molecule has 14 heavy (non-hydrogen) atoms. The van der Waals surface area contributed by atoms with E-state index in [1.807, 2.05) is 25.5 Å². The summed E-state index contributed by atoms with van der Waals surface area (Å²) in [5.41, 5.74) is 1.13. The monoisotopic (exact) mass is 195 g/mol. The lowest BCUT2D eigenvalue weighted by molar-refractivity contribution is 0.200. The van der Waals surface area contributed by atoms with Crippen LogP contribution in [0.1, 0.15) is 5.56 Å². The Bertz CT molecular complexity index is 281. The van der Waals surface area contributed by atoms with Crippen molar-refractivity contribution in [1.29, 1.82) is 0 Å². The van der Waals surface area contributed by atoms with Gasteiger partial charge in [0.1, 0.15) is 0 Å². The van der Waals surface area contributed by atoms with Crippen LogP contribution in [0.25, 0.3) is 6.08 Å². The lowest BCUT2D eigenvalue weighted by atomic mass is 10.3. The number of aryl methyl sites for hydroxylation is 1. The van der Waals surface area contributed by atoms with E-state index in [1.54, 1.807) is 11.8 Å². The van der Waals surface area contributed by atoms with E-state index in [0.717, 1.165) is 25.3 Å². The first-order valence-electron chi connectivity index (χ1n) is 4.68. The van der Waals surface area contributed by atoms with Gasteiger partial charge < -0.3 is 10.1 Å². The lowest BCUT2D eigenvalue weighted by Gasteiger charge is -1.98. The Labute approximate surface area is 84.6 Å². The van der Waals surface area contributed by atoms with Crippen molar-refractivity contribution in [2.75, 3.05) is 26.8 Å². The van der Waals surface area contributed by atoms with Crippen LogP contribution in [0.5, 0.6) is 0 Å². The van der Waals surface area contributed by atoms with Gasteiger partial charge in [-0.05, 0) is 0 Å². The first-order chi connectivity index (χ1) is 6.83. The van der Waals surface area contributed by atoms with Crippen molar-refractivity contribution in [2.24, 2.45) is 7.05 Å². The third-order valence-corrected chi connectivity index (χ3v) is 1.78. The third kappa shape index (κ3) is 4.20. The summed E-state index contributed by atoms with van der Waals surface area (Å²) in [6, 6.07) is 0. The number of ether oxygens (including phenoxy) is 1. The molecule has 0 aliphatic rings. The number of aromatic nitrogens is 2. The zero-order valence-corrected chi connectivity index (χ0v) is 8.73. The van der Waals surface area contributed by atoms with Crippen LogP contribution in [0.2, 0.25) is 0 Å². The van der Waals surface area contributed by atoms with Crippen LogP contribution in [0, 0.1) is 0 Å². The number of nitrogens with zero attached hydrogens (tertiary/aromatic N) is 2. The lowest BCUT2D eigenvalue weighted by Crippen LogP contribution is -2.18. The van der Waals surface area contributed by atoms with Crippen LogP contribution >= 0.6 is 0 Å². The Morgan fingerprint density at radius 1 is 1.64 bits per heavy atom. The van der Waals surface area contributed by atoms with E-state index in [-0.39, 0.29) is 0 Å². The number of nitrogens with one attached hydrogen (secondary N) is 1. The molecule has 1 aromatic rings. The Balaban J connectivity index is 2.15. The van der Waals surface area contributed by atoms with Crippen LogP contribution < -0.4 is 5.32 Å². The van der Waals surface area contributed by atoms with Gasteiger partial charge in [0.15, 0.2) is 0 Å². The molecule has 0 bridgehead atoms. The van der Waals surface area contributed by atoms with Crippen molar-refractivity contribution in [1.82, 2.24) is 15.1 Å². The van der Waals surface area contributed by atoms with Crippen molar-refractivity contribution in [2.45, 2.75) is 0 Å². The molecule has 0 amide bonds. The highest BCUT2D eigenvalue weighted by Crippen LogP contribution is 1.97. The molecule has 4 heteroatoms. The minimum absolute atomic E-state index is 0.751. The molecule has 0 aromatic carbocycles. The van der Waals surface area contributed by atoms with Crippen molar-refractivity contribution in [3.05, 3.63) is 24.0 Å². The van der Waals surface area contributed by atoms with Crippen molar-refractivity contribution in [3.8, 4) is 0 Å². The zero-order valence-electron chi connectivity index (χ0n) is 8.73. The summed E-state index contributed by atoms with van der Waals surface area (Å²) >= 11 is 0. The van der Waals surface area contributed by atoms with E-state index in [0.29, 0.717) is 0 Å². The standard InChI is InChI=1S/C10H17N3O/c1-13-9-10(8-12-13)4-3-5-11-6-7-14-2/h3-4,8-9,11H,5-7H2,1-2H3. The molecule has 0 saturated carbocycles. The molecule has 0 aliphatic heterocycles. The largest absolute Gasteiger partial charge is 0.383 e. The maximum atomic E-state index is 4.91. The third-order valence-electron chi connectivity index (χ3n) is 1.78. The molecule has 78 valence electrons. The highest BCUT2D eigenvalue weighted by molar-refractivity contribution is 5.46. The molecule has 0 fully saturated rings. The molecular weight excluding hydrogens is 178 g/mol. The predicted octanol–water partition coefficient (Wildman–Crippen LogP) is 0.669. The second kappa shape index (κ2) is 6.34. The van der Waals surface area contributed by atoms with Crippen LogP contribution in [0.3, 0.4) is 0 Å². The fourth-order valence-corrected chi connectivity index (χ4v) is 1.08. The van der Waals surface area contributed by atoms with E-state index in [1.165, 1.54) is 0 Å². The Kier molecular flexibility index (Phi) is 4.96. The molecule has 0 atom stereocenters. The molecule has 1 aromatic heterocycles. The number of rotatable bonds is 6. The average Bonchev–Trinajstić information content (AvgIpc) is 2.58. The zero-order chi connectivity index (χ0) is 10.2. The van der Waals surface area contributed by atoms with Gasteiger partial charge in [-0.15, -0.1) is 0 Å². The normalized spacial score (nSPS) is 11.3. The molecule has 0 spiro atoms. The molecule has 1 N–H and O–H groups in total. The van der Waals surface area contributed by atoms with E-state index in [2.05, 4.69) is 16.5 Å². The Hall–Kier alpha value is -1.13. The van der Waals surface area contributed by atoms with E-state index in [4.69, 9.17) is 4.74 Å². The fraction of sp³-hybridized carbons (Fsp3) is 0.500. The SMILES string of the molecule is COCCNCC=Cc1cnn(C)c1. The second-order valence-electron chi connectivity index (χ2n) is 3.05. The summed E-state index contributed by atoms with van der Waals surface area (Å²) < 4.78 is 6.70. The summed E-state index contributed by atoms with van der Waals surface area (Å²) in [6.45, 7) is 2.49. The Morgan fingerprint density at radius 3 is 3.14 bits per heavy atom. The average molecular weight is 195 g/mol. The van der Waals surface area contributed by atoms with Gasteiger partial charge in [-0.3, -0.25) is 4.68 Å². The molecule has 0 saturated heterocycles. The van der Waals surface area contributed by atoms with Crippen LogP contribution in [0.4, 0.5) is 0 Å². The highest BCUT2D eigenvalue weighted by Gasteiger charge is 1.88. The van der Waals surface area contributed by atoms with Crippen LogP contribution in [-0.4, -0.2) is 36.6 Å². The van der Waals surface area contributed by atoms with Gasteiger partial charge in [-0.25, -0.2) is 0 Å². The minimum atomic E-state index is 0.751. The fourth-order valence-electron chi connectivity index (χ4n) is 1.08. The maximum Gasteiger partial charge on any atom is 0.0587 e. The first-order valence-corrected chi connectivity index (χ1v) is 4.68. The topological polar surface area (TPSA) is 39.1 Å². The molecular formula is C10H17N3O. The van der Waals surface area contributed by atoms with E-state index < -0.39 is 0 Å². The predicted molar refractivity (Wildman–Crippen MR) is 57.0 cm³/mol. The first kappa shape index (κ1) is 10.9. The van der Waals surface area contributed by atoms with Crippen molar-refractivity contribution < 1.29 is 4.74 Å². The van der Waals surface area contributed by atoms with Gasteiger partial charge in [0, 0.05) is 39.0 Å².